The molecule has 0 aliphatic carbocycles. The van der Waals surface area contributed by atoms with Crippen molar-refractivity contribution in [3.63, 3.8) is 0 Å². The van der Waals surface area contributed by atoms with E-state index in [1.807, 2.05) is 11.9 Å². The summed E-state index contributed by atoms with van der Waals surface area (Å²) in [6.07, 6.45) is 1.10. The number of halogens is 1. The molecule has 1 aliphatic rings. The van der Waals surface area contributed by atoms with E-state index in [1.165, 1.54) is 24.3 Å². The molecule has 0 N–H and O–H groups in total. The monoisotopic (exact) mass is 348 g/mol. The second-order valence-corrected chi connectivity index (χ2v) is 7.83. The SMILES string of the molecule is CN1CCN(C(=O)c2cccc(S(C)(=O)=O)c2)c2ccc(F)cc21. The van der Waals surface area contributed by atoms with E-state index in [0.717, 1.165) is 6.26 Å². The van der Waals surface area contributed by atoms with Crippen molar-refractivity contribution in [2.75, 3.05) is 36.2 Å². The molecule has 1 heterocycles. The van der Waals surface area contributed by atoms with Gasteiger partial charge in [0.05, 0.1) is 16.3 Å². The molecule has 7 heteroatoms. The van der Waals surface area contributed by atoms with Gasteiger partial charge < -0.3 is 9.80 Å². The lowest BCUT2D eigenvalue weighted by atomic mass is 10.1. The molecule has 0 fully saturated rings. The first-order chi connectivity index (χ1) is 11.3. The first-order valence-electron chi connectivity index (χ1n) is 7.40. The average molecular weight is 348 g/mol. The van der Waals surface area contributed by atoms with Crippen molar-refractivity contribution in [2.45, 2.75) is 4.90 Å². The molecular formula is C17H17FN2O3S. The zero-order chi connectivity index (χ0) is 17.5. The zero-order valence-electron chi connectivity index (χ0n) is 13.4. The second-order valence-electron chi connectivity index (χ2n) is 5.81. The molecule has 2 aromatic carbocycles. The fraction of sp³-hybridized carbons (Fsp3) is 0.235. The van der Waals surface area contributed by atoms with Crippen LogP contribution in [0, 0.1) is 5.82 Å². The molecule has 0 aromatic heterocycles. The van der Waals surface area contributed by atoms with Crippen LogP contribution in [0.15, 0.2) is 47.4 Å². The standard InChI is InChI=1S/C17H17FN2O3S/c1-19-8-9-20(15-7-6-13(18)11-16(15)19)17(21)12-4-3-5-14(10-12)24(2,22)23/h3-7,10-11H,8-9H2,1-2H3. The number of carbonyl (C=O) groups excluding carboxylic acids is 1. The van der Waals surface area contributed by atoms with Gasteiger partial charge in [0.2, 0.25) is 0 Å². The third kappa shape index (κ3) is 2.99. The van der Waals surface area contributed by atoms with E-state index in [4.69, 9.17) is 0 Å². The third-order valence-corrected chi connectivity index (χ3v) is 5.16. The smallest absolute Gasteiger partial charge is 0.258 e. The van der Waals surface area contributed by atoms with Crippen LogP contribution in [0.25, 0.3) is 0 Å². The maximum atomic E-state index is 13.5. The van der Waals surface area contributed by atoms with E-state index in [9.17, 15) is 17.6 Å². The van der Waals surface area contributed by atoms with Gasteiger partial charge in [0.15, 0.2) is 9.84 Å². The molecular weight excluding hydrogens is 331 g/mol. The Morgan fingerprint density at radius 3 is 2.54 bits per heavy atom. The van der Waals surface area contributed by atoms with Crippen LogP contribution in [0.3, 0.4) is 0 Å². The lowest BCUT2D eigenvalue weighted by Gasteiger charge is -2.35. The van der Waals surface area contributed by atoms with Crippen molar-refractivity contribution >= 4 is 27.1 Å². The molecule has 0 spiro atoms. The van der Waals surface area contributed by atoms with E-state index >= 15 is 0 Å². The fourth-order valence-electron chi connectivity index (χ4n) is 2.75. The summed E-state index contributed by atoms with van der Waals surface area (Å²) in [6.45, 7) is 1.00. The molecule has 0 saturated carbocycles. The van der Waals surface area contributed by atoms with Gasteiger partial charge in [-0.1, -0.05) is 6.07 Å². The molecule has 126 valence electrons. The Kier molecular flexibility index (Phi) is 4.04. The number of anilines is 2. The fourth-order valence-corrected chi connectivity index (χ4v) is 3.41. The third-order valence-electron chi connectivity index (χ3n) is 4.05. The molecule has 0 radical (unpaired) electrons. The highest BCUT2D eigenvalue weighted by Crippen LogP contribution is 2.33. The van der Waals surface area contributed by atoms with Gasteiger partial charge in [-0.3, -0.25) is 4.79 Å². The number of fused-ring (bicyclic) bond motifs is 1. The van der Waals surface area contributed by atoms with Crippen molar-refractivity contribution in [3.8, 4) is 0 Å². The molecule has 1 amide bonds. The molecule has 0 unspecified atom stereocenters. The lowest BCUT2D eigenvalue weighted by molar-refractivity contribution is 0.0986. The van der Waals surface area contributed by atoms with Crippen molar-refractivity contribution in [2.24, 2.45) is 0 Å². The number of carbonyl (C=O) groups is 1. The predicted octanol–water partition coefficient (Wildman–Crippen LogP) is 2.33. The molecule has 0 saturated heterocycles. The van der Waals surface area contributed by atoms with Gasteiger partial charge in [0, 0.05) is 32.0 Å². The van der Waals surface area contributed by atoms with Crippen LogP contribution in [-0.4, -0.2) is 40.7 Å². The van der Waals surface area contributed by atoms with E-state index in [1.54, 1.807) is 23.1 Å². The van der Waals surface area contributed by atoms with Crippen LogP contribution in [-0.2, 0) is 9.84 Å². The summed E-state index contributed by atoms with van der Waals surface area (Å²) in [4.78, 5) is 16.4. The highest BCUT2D eigenvalue weighted by Gasteiger charge is 2.26. The first-order valence-corrected chi connectivity index (χ1v) is 9.29. The largest absolute Gasteiger partial charge is 0.371 e. The van der Waals surface area contributed by atoms with E-state index in [-0.39, 0.29) is 22.2 Å². The van der Waals surface area contributed by atoms with E-state index < -0.39 is 9.84 Å². The zero-order valence-corrected chi connectivity index (χ0v) is 14.2. The molecule has 3 rings (SSSR count). The number of likely N-dealkylation sites (N-methyl/N-ethyl adjacent to an activating group) is 1. The summed E-state index contributed by atoms with van der Waals surface area (Å²) in [5.74, 6) is -0.671. The normalized spacial score (nSPS) is 14.5. The Morgan fingerprint density at radius 2 is 1.83 bits per heavy atom. The average Bonchev–Trinajstić information content (AvgIpc) is 2.54. The molecule has 24 heavy (non-hydrogen) atoms. The number of hydrogen-bond donors (Lipinski definition) is 0. The summed E-state index contributed by atoms with van der Waals surface area (Å²) >= 11 is 0. The van der Waals surface area contributed by atoms with Crippen molar-refractivity contribution in [1.82, 2.24) is 0 Å². The predicted molar refractivity (Wildman–Crippen MR) is 90.9 cm³/mol. The Balaban J connectivity index is 2.02. The Bertz CT molecular complexity index is 912. The molecule has 2 aromatic rings. The maximum Gasteiger partial charge on any atom is 0.258 e. The van der Waals surface area contributed by atoms with Gasteiger partial charge in [0.1, 0.15) is 5.82 Å². The number of amides is 1. The van der Waals surface area contributed by atoms with Gasteiger partial charge in [-0.05, 0) is 36.4 Å². The second kappa shape index (κ2) is 5.90. The van der Waals surface area contributed by atoms with Crippen molar-refractivity contribution in [1.29, 1.82) is 0 Å². The topological polar surface area (TPSA) is 57.7 Å². The molecule has 5 nitrogen and oxygen atoms in total. The van der Waals surface area contributed by atoms with Crippen molar-refractivity contribution in [3.05, 3.63) is 53.8 Å². The molecule has 1 aliphatic heterocycles. The molecule has 0 bridgehead atoms. The van der Waals surface area contributed by atoms with Crippen LogP contribution >= 0.6 is 0 Å². The summed E-state index contributed by atoms with van der Waals surface area (Å²) in [7, 11) is -1.56. The minimum Gasteiger partial charge on any atom is -0.371 e. The van der Waals surface area contributed by atoms with Crippen LogP contribution in [0.5, 0.6) is 0 Å². The summed E-state index contributed by atoms with van der Waals surface area (Å²) < 4.78 is 36.9. The minimum atomic E-state index is -3.39. The lowest BCUT2D eigenvalue weighted by Crippen LogP contribution is -2.42. The summed E-state index contributed by atoms with van der Waals surface area (Å²) in [5.41, 5.74) is 1.53. The Hall–Kier alpha value is -2.41. The Labute approximate surface area is 140 Å². The van der Waals surface area contributed by atoms with Gasteiger partial charge in [-0.2, -0.15) is 0 Å². The van der Waals surface area contributed by atoms with Crippen LogP contribution in [0.2, 0.25) is 0 Å². The number of hydrogen-bond acceptors (Lipinski definition) is 4. The number of nitrogens with zero attached hydrogens (tertiary/aromatic N) is 2. The van der Waals surface area contributed by atoms with Crippen LogP contribution in [0.4, 0.5) is 15.8 Å². The van der Waals surface area contributed by atoms with Crippen LogP contribution < -0.4 is 9.80 Å². The number of benzene rings is 2. The van der Waals surface area contributed by atoms with Crippen molar-refractivity contribution < 1.29 is 17.6 Å². The maximum absolute atomic E-state index is 13.5. The highest BCUT2D eigenvalue weighted by molar-refractivity contribution is 7.90. The Morgan fingerprint density at radius 1 is 1.08 bits per heavy atom. The van der Waals surface area contributed by atoms with Gasteiger partial charge in [0.25, 0.3) is 5.91 Å². The van der Waals surface area contributed by atoms with Gasteiger partial charge in [-0.15, -0.1) is 0 Å². The van der Waals surface area contributed by atoms with Gasteiger partial charge in [-0.25, -0.2) is 12.8 Å². The number of sulfone groups is 1. The number of rotatable bonds is 2. The van der Waals surface area contributed by atoms with Crippen LogP contribution in [0.1, 0.15) is 10.4 Å². The summed E-state index contributed by atoms with van der Waals surface area (Å²) in [6, 6.07) is 10.2. The first kappa shape index (κ1) is 16.4. The minimum absolute atomic E-state index is 0.0989. The quantitative estimate of drug-likeness (QED) is 0.836. The summed E-state index contributed by atoms with van der Waals surface area (Å²) in [5, 5.41) is 0. The van der Waals surface area contributed by atoms with E-state index in [0.29, 0.717) is 24.5 Å². The van der Waals surface area contributed by atoms with Gasteiger partial charge >= 0.3 is 0 Å². The highest BCUT2D eigenvalue weighted by atomic mass is 32.2. The van der Waals surface area contributed by atoms with E-state index in [2.05, 4.69) is 0 Å². The molecule has 0 atom stereocenters.